The molecule has 1 aliphatic rings. The molecular weight excluding hydrogens is 316 g/mol. The highest BCUT2D eigenvalue weighted by atomic mass is 35.5. The summed E-state index contributed by atoms with van der Waals surface area (Å²) in [7, 11) is 0. The molecule has 0 unspecified atom stereocenters. The van der Waals surface area contributed by atoms with E-state index in [1.165, 1.54) is 19.3 Å². The molecule has 0 N–H and O–H groups in total. The Hall–Kier alpha value is -1.55. The first-order valence-electron chi connectivity index (χ1n) is 8.25. The van der Waals surface area contributed by atoms with Crippen molar-refractivity contribution < 1.29 is 19.1 Å². The summed E-state index contributed by atoms with van der Waals surface area (Å²) < 4.78 is 10.4. The minimum Gasteiger partial charge on any atom is -0.465 e. The molecule has 0 amide bonds. The number of rotatable bonds is 7. The van der Waals surface area contributed by atoms with Gasteiger partial charge < -0.3 is 9.47 Å². The second-order valence-corrected chi connectivity index (χ2v) is 6.41. The van der Waals surface area contributed by atoms with Gasteiger partial charge in [0.2, 0.25) is 0 Å². The molecule has 0 atom stereocenters. The molecule has 1 fully saturated rings. The number of hydrogen-bond donors (Lipinski definition) is 0. The van der Waals surface area contributed by atoms with Crippen LogP contribution >= 0.6 is 11.6 Å². The van der Waals surface area contributed by atoms with Crippen LogP contribution in [-0.4, -0.2) is 18.5 Å². The second-order valence-electron chi connectivity index (χ2n) is 5.97. The van der Waals surface area contributed by atoms with Crippen molar-refractivity contribution in [3.8, 4) is 5.75 Å². The van der Waals surface area contributed by atoms with E-state index in [9.17, 15) is 9.59 Å². The number of hydrogen-bond acceptors (Lipinski definition) is 4. The zero-order chi connectivity index (χ0) is 16.5. The third-order valence-electron chi connectivity index (χ3n) is 3.99. The smallest absolute Gasteiger partial charge is 0.311 e. The van der Waals surface area contributed by atoms with E-state index < -0.39 is 0 Å². The average molecular weight is 339 g/mol. The topological polar surface area (TPSA) is 52.6 Å². The third kappa shape index (κ3) is 7.04. The molecule has 0 aromatic heterocycles. The first-order valence-corrected chi connectivity index (χ1v) is 8.63. The van der Waals surface area contributed by atoms with Crippen molar-refractivity contribution in [1.82, 2.24) is 0 Å². The van der Waals surface area contributed by atoms with E-state index in [-0.39, 0.29) is 24.8 Å². The van der Waals surface area contributed by atoms with Gasteiger partial charge in [-0.15, -0.1) is 0 Å². The van der Waals surface area contributed by atoms with E-state index in [2.05, 4.69) is 0 Å². The van der Waals surface area contributed by atoms with E-state index in [0.717, 1.165) is 12.8 Å². The average Bonchev–Trinajstić information content (AvgIpc) is 2.54. The van der Waals surface area contributed by atoms with Crippen molar-refractivity contribution in [3.05, 3.63) is 29.3 Å². The van der Waals surface area contributed by atoms with E-state index >= 15 is 0 Å². The lowest BCUT2D eigenvalue weighted by atomic mass is 9.90. The van der Waals surface area contributed by atoms with Gasteiger partial charge in [0.15, 0.2) is 0 Å². The standard InChI is InChI=1S/C18H23ClO4/c19-15-8-4-9-16(12-15)23-18(21)11-5-10-17(20)22-13-14-6-2-1-3-7-14/h4,8-9,12,14H,1-3,5-7,10-11,13H2. The minimum absolute atomic E-state index is 0.186. The van der Waals surface area contributed by atoms with Crippen molar-refractivity contribution in [3.63, 3.8) is 0 Å². The van der Waals surface area contributed by atoms with Crippen LogP contribution in [0, 0.1) is 5.92 Å². The summed E-state index contributed by atoms with van der Waals surface area (Å²) in [6.07, 6.45) is 6.93. The van der Waals surface area contributed by atoms with Gasteiger partial charge in [0.1, 0.15) is 5.75 Å². The van der Waals surface area contributed by atoms with Gasteiger partial charge in [0.05, 0.1) is 6.61 Å². The molecule has 4 nitrogen and oxygen atoms in total. The zero-order valence-corrected chi connectivity index (χ0v) is 14.0. The summed E-state index contributed by atoms with van der Waals surface area (Å²) in [6.45, 7) is 0.520. The van der Waals surface area contributed by atoms with Gasteiger partial charge in [0, 0.05) is 17.9 Å². The Morgan fingerprint density at radius 2 is 1.83 bits per heavy atom. The van der Waals surface area contributed by atoms with E-state index in [1.54, 1.807) is 24.3 Å². The fraction of sp³-hybridized carbons (Fsp3) is 0.556. The normalized spacial score (nSPS) is 15.2. The van der Waals surface area contributed by atoms with Gasteiger partial charge in [-0.3, -0.25) is 9.59 Å². The number of carbonyl (C=O) groups is 2. The highest BCUT2D eigenvalue weighted by Gasteiger charge is 2.15. The summed E-state index contributed by atoms with van der Waals surface area (Å²) in [4.78, 5) is 23.4. The first-order chi connectivity index (χ1) is 11.1. The Labute approximate surface area is 142 Å². The van der Waals surface area contributed by atoms with Crippen LogP contribution in [0.5, 0.6) is 5.75 Å². The molecule has 0 saturated heterocycles. The van der Waals surface area contributed by atoms with Gasteiger partial charge >= 0.3 is 11.9 Å². The molecule has 0 spiro atoms. The maximum atomic E-state index is 11.7. The van der Waals surface area contributed by atoms with Gasteiger partial charge in [-0.25, -0.2) is 0 Å². The van der Waals surface area contributed by atoms with Crippen molar-refractivity contribution in [2.45, 2.75) is 51.4 Å². The maximum Gasteiger partial charge on any atom is 0.311 e. The third-order valence-corrected chi connectivity index (χ3v) is 4.23. The van der Waals surface area contributed by atoms with Crippen LogP contribution in [0.4, 0.5) is 0 Å². The monoisotopic (exact) mass is 338 g/mol. The Balaban J connectivity index is 1.58. The molecule has 126 valence electrons. The molecule has 1 aromatic rings. The molecule has 0 heterocycles. The molecular formula is C18H23ClO4. The molecule has 0 aliphatic heterocycles. The number of carbonyl (C=O) groups excluding carboxylic acids is 2. The van der Waals surface area contributed by atoms with Crippen molar-refractivity contribution in [2.24, 2.45) is 5.92 Å². The summed E-state index contributed by atoms with van der Waals surface area (Å²) in [5, 5.41) is 0.515. The van der Waals surface area contributed by atoms with Crippen LogP contribution in [0.2, 0.25) is 5.02 Å². The van der Waals surface area contributed by atoms with Crippen LogP contribution in [0.25, 0.3) is 0 Å². The second kappa shape index (κ2) is 9.56. The van der Waals surface area contributed by atoms with E-state index in [1.807, 2.05) is 0 Å². The minimum atomic E-state index is -0.368. The van der Waals surface area contributed by atoms with Crippen LogP contribution in [-0.2, 0) is 14.3 Å². The molecule has 1 aromatic carbocycles. The summed E-state index contributed by atoms with van der Waals surface area (Å²) in [6, 6.07) is 6.68. The molecule has 2 rings (SSSR count). The van der Waals surface area contributed by atoms with Crippen LogP contribution in [0.15, 0.2) is 24.3 Å². The Morgan fingerprint density at radius 3 is 2.57 bits per heavy atom. The lowest BCUT2D eigenvalue weighted by molar-refractivity contribution is -0.145. The Kier molecular flexibility index (Phi) is 7.40. The number of esters is 2. The van der Waals surface area contributed by atoms with Crippen LogP contribution < -0.4 is 4.74 Å². The fourth-order valence-electron chi connectivity index (χ4n) is 2.73. The zero-order valence-electron chi connectivity index (χ0n) is 13.3. The molecule has 0 radical (unpaired) electrons. The van der Waals surface area contributed by atoms with Crippen LogP contribution in [0.3, 0.4) is 0 Å². The quantitative estimate of drug-likeness (QED) is 0.541. The Bertz CT molecular complexity index is 524. The number of benzene rings is 1. The van der Waals surface area contributed by atoms with Crippen molar-refractivity contribution in [1.29, 1.82) is 0 Å². The lowest BCUT2D eigenvalue weighted by Gasteiger charge is -2.20. The lowest BCUT2D eigenvalue weighted by Crippen LogP contribution is -2.17. The number of ether oxygens (including phenoxy) is 2. The summed E-state index contributed by atoms with van der Waals surface area (Å²) >= 11 is 5.82. The van der Waals surface area contributed by atoms with Crippen LogP contribution in [0.1, 0.15) is 51.4 Å². The molecule has 23 heavy (non-hydrogen) atoms. The van der Waals surface area contributed by atoms with Gasteiger partial charge in [-0.1, -0.05) is 36.9 Å². The predicted octanol–water partition coefficient (Wildman–Crippen LogP) is 4.54. The van der Waals surface area contributed by atoms with Gasteiger partial charge in [-0.05, 0) is 43.4 Å². The summed E-state index contributed by atoms with van der Waals surface area (Å²) in [5.74, 6) is 0.335. The highest BCUT2D eigenvalue weighted by Crippen LogP contribution is 2.24. The predicted molar refractivity (Wildman–Crippen MR) is 88.5 cm³/mol. The first kappa shape index (κ1) is 17.8. The van der Waals surface area contributed by atoms with E-state index in [0.29, 0.717) is 29.7 Å². The molecule has 1 aliphatic carbocycles. The largest absolute Gasteiger partial charge is 0.465 e. The highest BCUT2D eigenvalue weighted by molar-refractivity contribution is 6.30. The van der Waals surface area contributed by atoms with Crippen molar-refractivity contribution >= 4 is 23.5 Å². The van der Waals surface area contributed by atoms with Crippen molar-refractivity contribution in [2.75, 3.05) is 6.61 Å². The molecule has 5 heteroatoms. The fourth-order valence-corrected chi connectivity index (χ4v) is 2.91. The van der Waals surface area contributed by atoms with Gasteiger partial charge in [-0.2, -0.15) is 0 Å². The number of halogens is 1. The molecule has 1 saturated carbocycles. The van der Waals surface area contributed by atoms with Gasteiger partial charge in [0.25, 0.3) is 0 Å². The Morgan fingerprint density at radius 1 is 1.09 bits per heavy atom. The summed E-state index contributed by atoms with van der Waals surface area (Å²) in [5.41, 5.74) is 0. The molecule has 0 bridgehead atoms. The SMILES string of the molecule is O=C(CCCC(=O)Oc1cccc(Cl)c1)OCC1CCCCC1. The maximum absolute atomic E-state index is 11.7. The van der Waals surface area contributed by atoms with E-state index in [4.69, 9.17) is 21.1 Å².